The largest absolute Gasteiger partial charge is 0.491 e. The number of aromatic nitrogens is 2. The first-order valence-corrected chi connectivity index (χ1v) is 7.20. The van der Waals surface area contributed by atoms with E-state index in [0.29, 0.717) is 30.4 Å². The molecule has 0 fully saturated rings. The number of anilines is 1. The van der Waals surface area contributed by atoms with Gasteiger partial charge in [-0.05, 0) is 25.5 Å². The van der Waals surface area contributed by atoms with E-state index in [-0.39, 0.29) is 12.5 Å². The Morgan fingerprint density at radius 3 is 2.86 bits per heavy atom. The van der Waals surface area contributed by atoms with Gasteiger partial charge in [-0.3, -0.25) is 4.79 Å². The predicted octanol–water partition coefficient (Wildman–Crippen LogP) is 1.89. The number of amides is 1. The lowest BCUT2D eigenvalue weighted by atomic mass is 10.3. The Kier molecular flexibility index (Phi) is 4.67. The molecule has 0 aliphatic heterocycles. The highest BCUT2D eigenvalue weighted by molar-refractivity contribution is 5.86. The Hall–Kier alpha value is -2.24. The molecule has 1 aromatic heterocycles. The van der Waals surface area contributed by atoms with E-state index in [2.05, 4.69) is 4.98 Å². The number of rotatable bonds is 6. The van der Waals surface area contributed by atoms with E-state index in [1.807, 2.05) is 32.0 Å². The average Bonchev–Trinajstić information content (AvgIpc) is 2.81. The van der Waals surface area contributed by atoms with Crippen LogP contribution in [0.2, 0.25) is 0 Å². The topological polar surface area (TPSA) is 73.4 Å². The Morgan fingerprint density at radius 2 is 2.19 bits per heavy atom. The molecule has 0 aliphatic rings. The van der Waals surface area contributed by atoms with Crippen molar-refractivity contribution < 1.29 is 9.53 Å². The fraction of sp³-hybridized carbons (Fsp3) is 0.467. The smallest absolute Gasteiger partial charge is 0.242 e. The number of imidazole rings is 1. The minimum atomic E-state index is 0.00313. The van der Waals surface area contributed by atoms with Crippen LogP contribution >= 0.6 is 0 Å². The number of hydrogen-bond acceptors (Lipinski definition) is 4. The van der Waals surface area contributed by atoms with Crippen LogP contribution < -0.4 is 10.5 Å². The fourth-order valence-corrected chi connectivity index (χ4v) is 2.07. The predicted molar refractivity (Wildman–Crippen MR) is 83.2 cm³/mol. The molecule has 1 amide bonds. The zero-order chi connectivity index (χ0) is 15.4. The number of carbonyl (C=O) groups excluding carboxylic acids is 1. The van der Waals surface area contributed by atoms with Gasteiger partial charge in [-0.2, -0.15) is 0 Å². The third-order valence-electron chi connectivity index (χ3n) is 3.43. The average molecular weight is 290 g/mol. The number of nitrogens with two attached hydrogens (primary N) is 1. The molecule has 6 nitrogen and oxygen atoms in total. The van der Waals surface area contributed by atoms with Crippen LogP contribution in [0.25, 0.3) is 11.0 Å². The molecule has 0 radical (unpaired) electrons. The van der Waals surface area contributed by atoms with Crippen molar-refractivity contribution >= 4 is 22.9 Å². The first-order chi connectivity index (χ1) is 10.1. The highest BCUT2D eigenvalue weighted by atomic mass is 16.5. The van der Waals surface area contributed by atoms with E-state index in [1.165, 1.54) is 0 Å². The van der Waals surface area contributed by atoms with Crippen LogP contribution in [0.4, 0.5) is 5.95 Å². The fourth-order valence-electron chi connectivity index (χ4n) is 2.07. The maximum absolute atomic E-state index is 12.1. The normalized spacial score (nSPS) is 10.8. The molecule has 0 spiro atoms. The number of nitrogen functional groups attached to an aromatic ring is 1. The summed E-state index contributed by atoms with van der Waals surface area (Å²) in [5, 5.41) is 0. The Balaban J connectivity index is 2.36. The molecule has 21 heavy (non-hydrogen) atoms. The van der Waals surface area contributed by atoms with Gasteiger partial charge in [0, 0.05) is 13.6 Å². The van der Waals surface area contributed by atoms with Crippen molar-refractivity contribution in [3.63, 3.8) is 0 Å². The Bertz CT molecular complexity index is 636. The summed E-state index contributed by atoms with van der Waals surface area (Å²) >= 11 is 0. The van der Waals surface area contributed by atoms with E-state index in [4.69, 9.17) is 10.5 Å². The summed E-state index contributed by atoms with van der Waals surface area (Å²) in [4.78, 5) is 18.1. The third-order valence-corrected chi connectivity index (χ3v) is 3.43. The molecule has 0 aliphatic carbocycles. The van der Waals surface area contributed by atoms with Crippen molar-refractivity contribution in [3.05, 3.63) is 18.2 Å². The van der Waals surface area contributed by atoms with Crippen molar-refractivity contribution in [2.45, 2.75) is 26.8 Å². The van der Waals surface area contributed by atoms with Crippen LogP contribution in [0, 0.1) is 0 Å². The molecule has 0 unspecified atom stereocenters. The summed E-state index contributed by atoms with van der Waals surface area (Å²) < 4.78 is 7.41. The van der Waals surface area contributed by atoms with E-state index >= 15 is 0 Å². The van der Waals surface area contributed by atoms with Crippen LogP contribution in [0.15, 0.2) is 18.2 Å². The van der Waals surface area contributed by atoms with Crippen molar-refractivity contribution in [2.75, 3.05) is 25.9 Å². The standard InChI is InChI=1S/C15H22N4O2/c1-4-9-21-12-8-6-7-11-14(12)17-15(16)19(11)10-13(20)18(3)5-2/h6-8H,4-5,9-10H2,1-3H3,(H2,16,17). The number of para-hydroxylation sites is 1. The van der Waals surface area contributed by atoms with Gasteiger partial charge in [-0.15, -0.1) is 0 Å². The third kappa shape index (κ3) is 3.09. The number of fused-ring (bicyclic) bond motifs is 1. The number of ether oxygens (including phenoxy) is 1. The molecular weight excluding hydrogens is 268 g/mol. The number of benzene rings is 1. The maximum Gasteiger partial charge on any atom is 0.242 e. The van der Waals surface area contributed by atoms with Crippen LogP contribution in [-0.4, -0.2) is 40.6 Å². The minimum Gasteiger partial charge on any atom is -0.491 e. The molecule has 1 heterocycles. The monoisotopic (exact) mass is 290 g/mol. The lowest BCUT2D eigenvalue weighted by Crippen LogP contribution is -2.30. The van der Waals surface area contributed by atoms with E-state index in [1.54, 1.807) is 16.5 Å². The van der Waals surface area contributed by atoms with Crippen LogP contribution in [0.3, 0.4) is 0 Å². The second-order valence-corrected chi connectivity index (χ2v) is 4.94. The van der Waals surface area contributed by atoms with Crippen LogP contribution in [0.1, 0.15) is 20.3 Å². The summed E-state index contributed by atoms with van der Waals surface area (Å²) in [7, 11) is 1.77. The van der Waals surface area contributed by atoms with Crippen molar-refractivity contribution in [3.8, 4) is 5.75 Å². The van der Waals surface area contributed by atoms with Gasteiger partial charge < -0.3 is 19.9 Å². The van der Waals surface area contributed by atoms with E-state index < -0.39 is 0 Å². The minimum absolute atomic E-state index is 0.00313. The molecule has 0 atom stereocenters. The highest BCUT2D eigenvalue weighted by Crippen LogP contribution is 2.27. The molecule has 0 bridgehead atoms. The summed E-state index contributed by atoms with van der Waals surface area (Å²) in [6.07, 6.45) is 0.923. The Labute approximate surface area is 124 Å². The van der Waals surface area contributed by atoms with Gasteiger partial charge >= 0.3 is 0 Å². The molecular formula is C15H22N4O2. The molecule has 2 N–H and O–H groups in total. The second kappa shape index (κ2) is 6.47. The summed E-state index contributed by atoms with van der Waals surface area (Å²) in [6, 6.07) is 5.66. The van der Waals surface area contributed by atoms with Crippen LogP contribution in [0.5, 0.6) is 5.75 Å². The molecule has 0 saturated heterocycles. The second-order valence-electron chi connectivity index (χ2n) is 4.94. The number of carbonyl (C=O) groups is 1. The lowest BCUT2D eigenvalue weighted by molar-refractivity contribution is -0.130. The molecule has 6 heteroatoms. The van der Waals surface area contributed by atoms with Crippen LogP contribution in [-0.2, 0) is 11.3 Å². The highest BCUT2D eigenvalue weighted by Gasteiger charge is 2.16. The van der Waals surface area contributed by atoms with Crippen molar-refractivity contribution in [1.82, 2.24) is 14.5 Å². The zero-order valence-electron chi connectivity index (χ0n) is 12.8. The van der Waals surface area contributed by atoms with Gasteiger partial charge in [-0.1, -0.05) is 13.0 Å². The summed E-state index contributed by atoms with van der Waals surface area (Å²) in [5.74, 6) is 1.04. The number of hydrogen-bond donors (Lipinski definition) is 1. The van der Waals surface area contributed by atoms with E-state index in [0.717, 1.165) is 11.9 Å². The van der Waals surface area contributed by atoms with E-state index in [9.17, 15) is 4.79 Å². The van der Waals surface area contributed by atoms with Gasteiger partial charge in [-0.25, -0.2) is 4.98 Å². The lowest BCUT2D eigenvalue weighted by Gasteiger charge is -2.15. The molecule has 2 aromatic rings. The number of likely N-dealkylation sites (N-methyl/N-ethyl adjacent to an activating group) is 1. The van der Waals surface area contributed by atoms with Gasteiger partial charge in [0.2, 0.25) is 11.9 Å². The first kappa shape index (κ1) is 15.2. The van der Waals surface area contributed by atoms with Gasteiger partial charge in [0.25, 0.3) is 0 Å². The Morgan fingerprint density at radius 1 is 1.43 bits per heavy atom. The van der Waals surface area contributed by atoms with Crippen molar-refractivity contribution in [2.24, 2.45) is 0 Å². The zero-order valence-corrected chi connectivity index (χ0v) is 12.8. The first-order valence-electron chi connectivity index (χ1n) is 7.20. The number of nitrogens with zero attached hydrogens (tertiary/aromatic N) is 3. The molecule has 114 valence electrons. The van der Waals surface area contributed by atoms with Gasteiger partial charge in [0.1, 0.15) is 17.8 Å². The summed E-state index contributed by atoms with van der Waals surface area (Å²) in [6.45, 7) is 5.46. The molecule has 2 rings (SSSR count). The molecule has 1 aromatic carbocycles. The molecule has 0 saturated carbocycles. The van der Waals surface area contributed by atoms with Gasteiger partial charge in [0.05, 0.1) is 12.1 Å². The SMILES string of the molecule is CCCOc1cccc2c1nc(N)n2CC(=O)N(C)CC. The summed E-state index contributed by atoms with van der Waals surface area (Å²) in [5.41, 5.74) is 7.49. The maximum atomic E-state index is 12.1. The quantitative estimate of drug-likeness (QED) is 0.881. The van der Waals surface area contributed by atoms with Gasteiger partial charge in [0.15, 0.2) is 0 Å². The van der Waals surface area contributed by atoms with Crippen molar-refractivity contribution in [1.29, 1.82) is 0 Å².